The zero-order chi connectivity index (χ0) is 11.0. The first-order valence-corrected chi connectivity index (χ1v) is 5.06. The van der Waals surface area contributed by atoms with E-state index in [9.17, 15) is 0 Å². The Hall–Kier alpha value is -1.42. The normalized spacial score (nSPS) is 13.3. The Morgan fingerprint density at radius 3 is 2.67 bits per heavy atom. The molecule has 0 saturated carbocycles. The van der Waals surface area contributed by atoms with Gasteiger partial charge in [0.15, 0.2) is 0 Å². The summed E-state index contributed by atoms with van der Waals surface area (Å²) in [6.07, 6.45) is 0. The van der Waals surface area contributed by atoms with Gasteiger partial charge in [-0.15, -0.1) is 5.10 Å². The van der Waals surface area contributed by atoms with Crippen molar-refractivity contribution in [1.82, 2.24) is 15.0 Å². The maximum Gasteiger partial charge on any atom is 0.113 e. The van der Waals surface area contributed by atoms with Crippen LogP contribution in [0.2, 0.25) is 0 Å². The molecule has 0 amide bonds. The molecule has 0 radical (unpaired) electrons. The number of aromatic nitrogens is 3. The molecule has 4 heteroatoms. The standard InChI is InChI=1S/C11H15N3O/c1-7-4-10-11(5-8(7)2)14(13-12-10)9(3)6-15/h4-5,9,15H,6H2,1-3H3. The van der Waals surface area contributed by atoms with Crippen molar-refractivity contribution in [2.45, 2.75) is 26.8 Å². The lowest BCUT2D eigenvalue weighted by Crippen LogP contribution is -2.10. The third-order valence-corrected chi connectivity index (χ3v) is 2.77. The molecule has 0 aliphatic carbocycles. The highest BCUT2D eigenvalue weighted by Gasteiger charge is 2.10. The van der Waals surface area contributed by atoms with Crippen molar-refractivity contribution < 1.29 is 5.11 Å². The predicted molar refractivity (Wildman–Crippen MR) is 58.8 cm³/mol. The maximum absolute atomic E-state index is 9.10. The quantitative estimate of drug-likeness (QED) is 0.810. The fraction of sp³-hybridized carbons (Fsp3) is 0.455. The first kappa shape index (κ1) is 10.1. The van der Waals surface area contributed by atoms with Gasteiger partial charge in [0.05, 0.1) is 18.2 Å². The van der Waals surface area contributed by atoms with Gasteiger partial charge in [-0.3, -0.25) is 0 Å². The zero-order valence-electron chi connectivity index (χ0n) is 9.23. The minimum atomic E-state index is -0.0305. The van der Waals surface area contributed by atoms with Gasteiger partial charge in [0.2, 0.25) is 0 Å². The number of nitrogens with zero attached hydrogens (tertiary/aromatic N) is 3. The second-order valence-corrected chi connectivity index (χ2v) is 3.99. The molecule has 0 aliphatic rings. The van der Waals surface area contributed by atoms with Gasteiger partial charge in [0.1, 0.15) is 5.52 Å². The predicted octanol–water partition coefficient (Wildman–Crippen LogP) is 1.60. The molecule has 0 saturated heterocycles. The van der Waals surface area contributed by atoms with Crippen LogP contribution in [0.4, 0.5) is 0 Å². The molecule has 1 atom stereocenters. The number of benzene rings is 1. The summed E-state index contributed by atoms with van der Waals surface area (Å²) in [5.74, 6) is 0. The molecule has 0 bridgehead atoms. The van der Waals surface area contributed by atoms with E-state index >= 15 is 0 Å². The van der Waals surface area contributed by atoms with Gasteiger partial charge in [-0.1, -0.05) is 5.21 Å². The van der Waals surface area contributed by atoms with E-state index in [4.69, 9.17) is 5.11 Å². The van der Waals surface area contributed by atoms with Crippen molar-refractivity contribution in [1.29, 1.82) is 0 Å². The molecule has 0 spiro atoms. The molecule has 1 aromatic heterocycles. The lowest BCUT2D eigenvalue weighted by Gasteiger charge is -2.09. The number of rotatable bonds is 2. The van der Waals surface area contributed by atoms with E-state index in [0.717, 1.165) is 11.0 Å². The lowest BCUT2D eigenvalue weighted by atomic mass is 10.1. The van der Waals surface area contributed by atoms with Gasteiger partial charge < -0.3 is 5.11 Å². The Kier molecular flexibility index (Phi) is 2.44. The van der Waals surface area contributed by atoms with Crippen LogP contribution >= 0.6 is 0 Å². The van der Waals surface area contributed by atoms with Gasteiger partial charge in [0, 0.05) is 0 Å². The van der Waals surface area contributed by atoms with Gasteiger partial charge in [-0.05, 0) is 44.0 Å². The van der Waals surface area contributed by atoms with E-state index in [-0.39, 0.29) is 12.6 Å². The molecule has 0 fully saturated rings. The van der Waals surface area contributed by atoms with Crippen molar-refractivity contribution in [3.05, 3.63) is 23.3 Å². The molecule has 1 unspecified atom stereocenters. The summed E-state index contributed by atoms with van der Waals surface area (Å²) in [5.41, 5.74) is 4.31. The minimum Gasteiger partial charge on any atom is -0.394 e. The third-order valence-electron chi connectivity index (χ3n) is 2.77. The van der Waals surface area contributed by atoms with E-state index in [1.54, 1.807) is 4.68 Å². The highest BCUT2D eigenvalue weighted by atomic mass is 16.3. The van der Waals surface area contributed by atoms with Crippen molar-refractivity contribution in [3.63, 3.8) is 0 Å². The monoisotopic (exact) mass is 205 g/mol. The topological polar surface area (TPSA) is 50.9 Å². The summed E-state index contributed by atoms with van der Waals surface area (Å²) < 4.78 is 1.77. The Bertz CT molecular complexity index is 490. The zero-order valence-corrected chi connectivity index (χ0v) is 9.23. The van der Waals surface area contributed by atoms with E-state index in [2.05, 4.69) is 30.2 Å². The number of fused-ring (bicyclic) bond motifs is 1. The molecule has 1 N–H and O–H groups in total. The second-order valence-electron chi connectivity index (χ2n) is 3.99. The van der Waals surface area contributed by atoms with Crippen molar-refractivity contribution >= 4 is 11.0 Å². The number of aliphatic hydroxyl groups is 1. The van der Waals surface area contributed by atoms with Gasteiger partial charge in [-0.25, -0.2) is 4.68 Å². The van der Waals surface area contributed by atoms with Crippen LogP contribution in [0.1, 0.15) is 24.1 Å². The van der Waals surface area contributed by atoms with Crippen molar-refractivity contribution in [3.8, 4) is 0 Å². The largest absolute Gasteiger partial charge is 0.394 e. The van der Waals surface area contributed by atoms with Gasteiger partial charge in [0.25, 0.3) is 0 Å². The van der Waals surface area contributed by atoms with Gasteiger partial charge in [-0.2, -0.15) is 0 Å². The molecule has 15 heavy (non-hydrogen) atoms. The van der Waals surface area contributed by atoms with E-state index in [0.29, 0.717) is 0 Å². The van der Waals surface area contributed by atoms with Crippen molar-refractivity contribution in [2.24, 2.45) is 0 Å². The van der Waals surface area contributed by atoms with Crippen LogP contribution < -0.4 is 0 Å². The number of aliphatic hydroxyl groups excluding tert-OH is 1. The van der Waals surface area contributed by atoms with Crippen LogP contribution in [-0.4, -0.2) is 26.7 Å². The van der Waals surface area contributed by atoms with Crippen LogP contribution in [0.5, 0.6) is 0 Å². The molecule has 4 nitrogen and oxygen atoms in total. The molecule has 2 rings (SSSR count). The summed E-state index contributed by atoms with van der Waals surface area (Å²) >= 11 is 0. The fourth-order valence-corrected chi connectivity index (χ4v) is 1.60. The molecule has 80 valence electrons. The fourth-order valence-electron chi connectivity index (χ4n) is 1.60. The molecule has 1 aromatic carbocycles. The van der Waals surface area contributed by atoms with E-state index < -0.39 is 0 Å². The third kappa shape index (κ3) is 1.61. The maximum atomic E-state index is 9.10. The molecule has 2 aromatic rings. The van der Waals surface area contributed by atoms with Crippen LogP contribution in [0.25, 0.3) is 11.0 Å². The SMILES string of the molecule is Cc1cc2nnn(C(C)CO)c2cc1C. The minimum absolute atomic E-state index is 0.0305. The Morgan fingerprint density at radius 2 is 2.00 bits per heavy atom. The van der Waals surface area contributed by atoms with Crippen LogP contribution in [0.3, 0.4) is 0 Å². The summed E-state index contributed by atoms with van der Waals surface area (Å²) in [6, 6.07) is 4.06. The van der Waals surface area contributed by atoms with Crippen LogP contribution in [0, 0.1) is 13.8 Å². The molecule has 1 heterocycles. The summed E-state index contributed by atoms with van der Waals surface area (Å²) in [6.45, 7) is 6.12. The highest BCUT2D eigenvalue weighted by molar-refractivity contribution is 5.76. The highest BCUT2D eigenvalue weighted by Crippen LogP contribution is 2.19. The molecular formula is C11H15N3O. The Morgan fingerprint density at radius 1 is 1.33 bits per heavy atom. The molecule has 0 aliphatic heterocycles. The van der Waals surface area contributed by atoms with Gasteiger partial charge >= 0.3 is 0 Å². The number of hydrogen-bond acceptors (Lipinski definition) is 3. The van der Waals surface area contributed by atoms with Crippen LogP contribution in [0.15, 0.2) is 12.1 Å². The van der Waals surface area contributed by atoms with Crippen LogP contribution in [-0.2, 0) is 0 Å². The first-order valence-electron chi connectivity index (χ1n) is 5.06. The second kappa shape index (κ2) is 3.62. The number of aryl methyl sites for hydroxylation is 2. The average molecular weight is 205 g/mol. The summed E-state index contributed by atoms with van der Waals surface area (Å²) in [7, 11) is 0. The molecular weight excluding hydrogens is 190 g/mol. The first-order chi connectivity index (χ1) is 7.13. The summed E-state index contributed by atoms with van der Waals surface area (Å²) in [5, 5.41) is 17.2. The number of hydrogen-bond donors (Lipinski definition) is 1. The smallest absolute Gasteiger partial charge is 0.113 e. The Labute approximate surface area is 88.5 Å². The van der Waals surface area contributed by atoms with E-state index in [1.165, 1.54) is 11.1 Å². The van der Waals surface area contributed by atoms with Crippen molar-refractivity contribution in [2.75, 3.05) is 6.61 Å². The lowest BCUT2D eigenvalue weighted by molar-refractivity contribution is 0.231. The van der Waals surface area contributed by atoms with E-state index in [1.807, 2.05) is 13.0 Å². The average Bonchev–Trinajstić information content (AvgIpc) is 2.61. The summed E-state index contributed by atoms with van der Waals surface area (Å²) in [4.78, 5) is 0. The Balaban J connectivity index is 2.64.